The van der Waals surface area contributed by atoms with E-state index in [9.17, 15) is 4.79 Å². The molecular weight excluding hydrogens is 398 g/mol. The molecule has 0 radical (unpaired) electrons. The number of carbonyl (C=O) groups excluding carboxylic acids is 1. The molecule has 0 unspecified atom stereocenters. The maximum absolute atomic E-state index is 12.1. The number of thioether (sulfide) groups is 1. The third-order valence-electron chi connectivity index (χ3n) is 2.96. The van der Waals surface area contributed by atoms with Crippen molar-refractivity contribution in [2.45, 2.75) is 6.92 Å². The van der Waals surface area contributed by atoms with E-state index in [1.54, 1.807) is 19.2 Å². The lowest BCUT2D eigenvalue weighted by molar-refractivity contribution is -0.121. The Labute approximate surface area is 153 Å². The summed E-state index contributed by atoms with van der Waals surface area (Å²) in [6.07, 6.45) is 3.47. The van der Waals surface area contributed by atoms with Crippen LogP contribution in [0.2, 0.25) is 0 Å². The molecule has 1 amide bonds. The largest absolute Gasteiger partial charge is 0.490 e. The molecule has 0 aliphatic carbocycles. The van der Waals surface area contributed by atoms with E-state index in [0.717, 1.165) is 10.0 Å². The minimum absolute atomic E-state index is 0.0962. The first-order chi connectivity index (χ1) is 11.0. The third kappa shape index (κ3) is 4.16. The summed E-state index contributed by atoms with van der Waals surface area (Å²) in [5, 5.41) is 0. The van der Waals surface area contributed by atoms with Gasteiger partial charge in [-0.05, 0) is 46.6 Å². The second-order valence-corrected chi connectivity index (χ2v) is 7.13. The zero-order chi connectivity index (χ0) is 17.0. The fourth-order valence-electron chi connectivity index (χ4n) is 1.91. The van der Waals surface area contributed by atoms with Crippen molar-refractivity contribution in [1.82, 2.24) is 4.90 Å². The molecule has 1 aromatic rings. The molecule has 1 aliphatic rings. The molecule has 1 aromatic carbocycles. The molecule has 1 heterocycles. The second kappa shape index (κ2) is 7.99. The lowest BCUT2D eigenvalue weighted by Crippen LogP contribution is -2.22. The number of benzene rings is 1. The van der Waals surface area contributed by atoms with E-state index < -0.39 is 0 Å². The van der Waals surface area contributed by atoms with E-state index in [1.165, 1.54) is 16.7 Å². The fraction of sp³-hybridized carbons (Fsp3) is 0.250. The highest BCUT2D eigenvalue weighted by Gasteiger charge is 2.28. The van der Waals surface area contributed by atoms with Gasteiger partial charge in [-0.25, -0.2) is 0 Å². The van der Waals surface area contributed by atoms with Gasteiger partial charge in [0.2, 0.25) is 0 Å². The number of halogens is 1. The molecule has 0 N–H and O–H groups in total. The van der Waals surface area contributed by atoms with Crippen LogP contribution in [0.1, 0.15) is 12.5 Å². The van der Waals surface area contributed by atoms with E-state index in [4.69, 9.17) is 21.7 Å². The van der Waals surface area contributed by atoms with Crippen LogP contribution in [0.5, 0.6) is 11.5 Å². The number of hydrogen-bond acceptors (Lipinski definition) is 5. The Hall–Kier alpha value is -1.31. The van der Waals surface area contributed by atoms with Crippen molar-refractivity contribution in [2.75, 3.05) is 20.3 Å². The normalized spacial score (nSPS) is 16.1. The average Bonchev–Trinajstić information content (AvgIpc) is 2.74. The van der Waals surface area contributed by atoms with Crippen molar-refractivity contribution in [1.29, 1.82) is 0 Å². The molecule has 0 bridgehead atoms. The van der Waals surface area contributed by atoms with E-state index in [2.05, 4.69) is 22.5 Å². The number of hydrogen-bond donors (Lipinski definition) is 0. The Kier molecular flexibility index (Phi) is 6.26. The topological polar surface area (TPSA) is 38.8 Å². The number of thiocarbonyl (C=S) groups is 1. The number of carbonyl (C=O) groups is 1. The maximum atomic E-state index is 12.1. The smallest absolute Gasteiger partial charge is 0.265 e. The molecule has 0 saturated carbocycles. The zero-order valence-electron chi connectivity index (χ0n) is 12.8. The van der Waals surface area contributed by atoms with Gasteiger partial charge in [-0.3, -0.25) is 9.69 Å². The van der Waals surface area contributed by atoms with E-state index in [-0.39, 0.29) is 5.91 Å². The van der Waals surface area contributed by atoms with Gasteiger partial charge in [-0.2, -0.15) is 0 Å². The second-order valence-electron chi connectivity index (χ2n) is 4.60. The van der Waals surface area contributed by atoms with Gasteiger partial charge in [0.1, 0.15) is 10.9 Å². The highest BCUT2D eigenvalue weighted by molar-refractivity contribution is 9.10. The molecule has 1 saturated heterocycles. The van der Waals surface area contributed by atoms with Gasteiger partial charge in [-0.1, -0.05) is 36.6 Å². The van der Waals surface area contributed by atoms with Gasteiger partial charge < -0.3 is 9.47 Å². The minimum atomic E-state index is -0.0962. The Balaban J connectivity index is 2.39. The summed E-state index contributed by atoms with van der Waals surface area (Å²) in [7, 11) is 1.67. The van der Waals surface area contributed by atoms with Crippen LogP contribution in [-0.4, -0.2) is 35.4 Å². The third-order valence-corrected chi connectivity index (χ3v) is 5.04. The molecule has 0 aromatic heterocycles. The number of nitrogens with zero attached hydrogens (tertiary/aromatic N) is 1. The first kappa shape index (κ1) is 18.0. The summed E-state index contributed by atoms with van der Waals surface area (Å²) in [6.45, 7) is 6.44. The van der Waals surface area contributed by atoms with Crippen LogP contribution in [0.3, 0.4) is 0 Å². The Morgan fingerprint density at radius 1 is 1.43 bits per heavy atom. The van der Waals surface area contributed by atoms with Crippen LogP contribution in [0.25, 0.3) is 6.08 Å². The standard InChI is InChI=1S/C16H16BrNO3S2/c1-4-6-21-14-11(17)7-10(8-12(14)20-5-2)9-13-15(19)18(3)16(22)23-13/h4,7-9H,1,5-6H2,2-3H3/b13-9-. The van der Waals surface area contributed by atoms with E-state index in [1.807, 2.05) is 19.1 Å². The molecule has 0 atom stereocenters. The zero-order valence-corrected chi connectivity index (χ0v) is 16.0. The summed E-state index contributed by atoms with van der Waals surface area (Å²) in [5.74, 6) is 1.13. The van der Waals surface area contributed by atoms with Crippen molar-refractivity contribution < 1.29 is 14.3 Å². The predicted molar refractivity (Wildman–Crippen MR) is 102 cm³/mol. The summed E-state index contributed by atoms with van der Waals surface area (Å²) in [6, 6.07) is 3.72. The molecule has 7 heteroatoms. The molecule has 4 nitrogen and oxygen atoms in total. The van der Waals surface area contributed by atoms with Gasteiger partial charge in [-0.15, -0.1) is 0 Å². The molecule has 23 heavy (non-hydrogen) atoms. The van der Waals surface area contributed by atoms with Gasteiger partial charge in [0.05, 0.1) is 16.0 Å². The number of rotatable bonds is 6. The van der Waals surface area contributed by atoms with Gasteiger partial charge >= 0.3 is 0 Å². The minimum Gasteiger partial charge on any atom is -0.490 e. The molecular formula is C16H16BrNO3S2. The summed E-state index contributed by atoms with van der Waals surface area (Å²) in [4.78, 5) is 14.1. The lowest BCUT2D eigenvalue weighted by Gasteiger charge is -2.13. The SMILES string of the molecule is C=CCOc1c(Br)cc(/C=C2\SC(=S)N(C)C2=O)cc1OCC. The van der Waals surface area contributed by atoms with Gasteiger partial charge in [0, 0.05) is 7.05 Å². The van der Waals surface area contributed by atoms with Crippen LogP contribution in [0.4, 0.5) is 0 Å². The van der Waals surface area contributed by atoms with Gasteiger partial charge in [0.25, 0.3) is 5.91 Å². The van der Waals surface area contributed by atoms with Crippen molar-refractivity contribution in [3.8, 4) is 11.5 Å². The highest BCUT2D eigenvalue weighted by atomic mass is 79.9. The number of amides is 1. The molecule has 1 fully saturated rings. The van der Waals surface area contributed by atoms with Crippen molar-refractivity contribution in [3.05, 3.63) is 39.7 Å². The summed E-state index contributed by atoms with van der Waals surface area (Å²) >= 11 is 9.92. The van der Waals surface area contributed by atoms with E-state index in [0.29, 0.717) is 33.9 Å². The monoisotopic (exact) mass is 413 g/mol. The summed E-state index contributed by atoms with van der Waals surface area (Å²) < 4.78 is 12.6. The van der Waals surface area contributed by atoms with Crippen LogP contribution in [0, 0.1) is 0 Å². The first-order valence-electron chi connectivity index (χ1n) is 6.89. The van der Waals surface area contributed by atoms with Crippen molar-refractivity contribution in [3.63, 3.8) is 0 Å². The lowest BCUT2D eigenvalue weighted by atomic mass is 10.2. The molecule has 2 rings (SSSR count). The van der Waals surface area contributed by atoms with Crippen molar-refractivity contribution >= 4 is 56.2 Å². The molecule has 1 aliphatic heterocycles. The fourth-order valence-corrected chi connectivity index (χ4v) is 3.67. The van der Waals surface area contributed by atoms with Gasteiger partial charge in [0.15, 0.2) is 11.5 Å². The van der Waals surface area contributed by atoms with Crippen LogP contribution < -0.4 is 9.47 Å². The summed E-state index contributed by atoms with van der Waals surface area (Å²) in [5.41, 5.74) is 0.834. The molecule has 122 valence electrons. The van der Waals surface area contributed by atoms with Crippen LogP contribution in [0.15, 0.2) is 34.2 Å². The first-order valence-corrected chi connectivity index (χ1v) is 8.91. The number of ether oxygens (including phenoxy) is 2. The predicted octanol–water partition coefficient (Wildman–Crippen LogP) is 4.24. The Morgan fingerprint density at radius 3 is 2.74 bits per heavy atom. The Bertz CT molecular complexity index is 688. The Morgan fingerprint density at radius 2 is 2.17 bits per heavy atom. The highest BCUT2D eigenvalue weighted by Crippen LogP contribution is 2.39. The quantitative estimate of drug-likeness (QED) is 0.396. The van der Waals surface area contributed by atoms with Crippen LogP contribution in [-0.2, 0) is 4.79 Å². The number of likely N-dealkylation sites (N-methyl/N-ethyl adjacent to an activating group) is 1. The maximum Gasteiger partial charge on any atom is 0.265 e. The average molecular weight is 414 g/mol. The molecule has 0 spiro atoms. The van der Waals surface area contributed by atoms with Crippen LogP contribution >= 0.6 is 39.9 Å². The van der Waals surface area contributed by atoms with Crippen molar-refractivity contribution in [2.24, 2.45) is 0 Å². The van der Waals surface area contributed by atoms with E-state index >= 15 is 0 Å².